The van der Waals surface area contributed by atoms with Crippen molar-refractivity contribution < 1.29 is 24.0 Å². The van der Waals surface area contributed by atoms with E-state index in [0.717, 1.165) is 0 Å². The lowest BCUT2D eigenvalue weighted by Gasteiger charge is -2.17. The average Bonchev–Trinajstić information content (AvgIpc) is 2.42. The Morgan fingerprint density at radius 2 is 2.10 bits per heavy atom. The molecule has 0 saturated heterocycles. The van der Waals surface area contributed by atoms with Crippen molar-refractivity contribution >= 4 is 17.6 Å². The number of methoxy groups -OCH3 is 1. The molecule has 0 fully saturated rings. The number of esters is 1. The van der Waals surface area contributed by atoms with E-state index in [4.69, 9.17) is 4.74 Å². The van der Waals surface area contributed by atoms with Gasteiger partial charge in [-0.2, -0.15) is 0 Å². The third kappa shape index (κ3) is 4.44. The zero-order chi connectivity index (χ0) is 16.0. The lowest BCUT2D eigenvalue weighted by Crippen LogP contribution is -2.44. The molecule has 0 aromatic heterocycles. The molecule has 0 aliphatic carbocycles. The summed E-state index contributed by atoms with van der Waals surface area (Å²) in [5.41, 5.74) is 0.345. The second kappa shape index (κ2) is 7.22. The highest BCUT2D eigenvalue weighted by atomic mass is 16.6. The van der Waals surface area contributed by atoms with E-state index in [9.17, 15) is 19.7 Å². The summed E-state index contributed by atoms with van der Waals surface area (Å²) >= 11 is 0. The number of nitrogens with one attached hydrogen (secondary N) is 1. The third-order valence-corrected chi connectivity index (χ3v) is 2.65. The number of carbonyl (C=O) groups excluding carboxylic acids is 2. The monoisotopic (exact) mass is 296 g/mol. The van der Waals surface area contributed by atoms with Crippen LogP contribution in [0.3, 0.4) is 0 Å². The fourth-order valence-corrected chi connectivity index (χ4v) is 1.69. The van der Waals surface area contributed by atoms with Crippen LogP contribution in [0.5, 0.6) is 5.75 Å². The van der Waals surface area contributed by atoms with E-state index in [2.05, 4.69) is 10.1 Å². The Kier molecular flexibility index (Phi) is 5.65. The van der Waals surface area contributed by atoms with Crippen molar-refractivity contribution in [2.45, 2.75) is 19.9 Å². The van der Waals surface area contributed by atoms with Crippen LogP contribution in [0.25, 0.3) is 0 Å². The van der Waals surface area contributed by atoms with Gasteiger partial charge < -0.3 is 14.8 Å². The first kappa shape index (κ1) is 16.4. The van der Waals surface area contributed by atoms with Crippen LogP contribution in [-0.2, 0) is 14.3 Å². The second-order valence-electron chi connectivity index (χ2n) is 4.27. The van der Waals surface area contributed by atoms with Gasteiger partial charge in [0.15, 0.2) is 11.8 Å². The number of ether oxygens (including phenoxy) is 2. The summed E-state index contributed by atoms with van der Waals surface area (Å²) in [6.07, 6.45) is 0. The third-order valence-electron chi connectivity index (χ3n) is 2.65. The summed E-state index contributed by atoms with van der Waals surface area (Å²) in [5.74, 6) is -1.07. The van der Waals surface area contributed by atoms with E-state index in [-0.39, 0.29) is 18.0 Å². The van der Waals surface area contributed by atoms with Crippen LogP contribution < -0.4 is 10.1 Å². The van der Waals surface area contributed by atoms with E-state index in [1.54, 1.807) is 13.0 Å². The van der Waals surface area contributed by atoms with E-state index < -0.39 is 22.8 Å². The number of nitro benzene ring substituents is 1. The SMILES string of the molecule is COC(=O)C(COc1c(C)cccc1[N+](=O)[O-])NC(C)=O. The lowest BCUT2D eigenvalue weighted by atomic mass is 10.2. The van der Waals surface area contributed by atoms with Crippen LogP contribution in [0.4, 0.5) is 5.69 Å². The summed E-state index contributed by atoms with van der Waals surface area (Å²) in [4.78, 5) is 32.9. The zero-order valence-corrected chi connectivity index (χ0v) is 11.9. The Morgan fingerprint density at radius 1 is 1.43 bits per heavy atom. The van der Waals surface area contributed by atoms with Gasteiger partial charge in [-0.1, -0.05) is 12.1 Å². The number of hydrogen-bond acceptors (Lipinski definition) is 6. The van der Waals surface area contributed by atoms with Crippen molar-refractivity contribution in [3.05, 3.63) is 33.9 Å². The van der Waals surface area contributed by atoms with Gasteiger partial charge in [-0.05, 0) is 12.5 Å². The molecule has 0 bridgehead atoms. The van der Waals surface area contributed by atoms with Crippen molar-refractivity contribution in [1.29, 1.82) is 0 Å². The molecule has 1 unspecified atom stereocenters. The number of aryl methyl sites for hydroxylation is 1. The number of hydrogen-bond donors (Lipinski definition) is 1. The minimum Gasteiger partial charge on any atom is -0.484 e. The van der Waals surface area contributed by atoms with Crippen LogP contribution in [0.1, 0.15) is 12.5 Å². The molecule has 8 nitrogen and oxygen atoms in total. The smallest absolute Gasteiger partial charge is 0.331 e. The number of para-hydroxylation sites is 1. The minimum atomic E-state index is -1.04. The molecule has 1 rings (SSSR count). The fraction of sp³-hybridized carbons (Fsp3) is 0.385. The highest BCUT2D eigenvalue weighted by Gasteiger charge is 2.24. The number of amides is 1. The molecular weight excluding hydrogens is 280 g/mol. The molecule has 1 N–H and O–H groups in total. The van der Waals surface area contributed by atoms with Gasteiger partial charge in [0.2, 0.25) is 5.91 Å². The van der Waals surface area contributed by atoms with Gasteiger partial charge in [0.1, 0.15) is 6.61 Å². The van der Waals surface area contributed by atoms with Crippen LogP contribution in [0, 0.1) is 17.0 Å². The standard InChI is InChI=1S/C13H16N2O6/c1-8-5-4-6-11(15(18)19)12(8)21-7-10(13(17)20-3)14-9(2)16/h4-6,10H,7H2,1-3H3,(H,14,16). The summed E-state index contributed by atoms with van der Waals surface area (Å²) < 4.78 is 9.90. The first-order chi connectivity index (χ1) is 9.86. The van der Waals surface area contributed by atoms with Gasteiger partial charge >= 0.3 is 11.7 Å². The maximum absolute atomic E-state index is 11.5. The van der Waals surface area contributed by atoms with Gasteiger partial charge in [-0.15, -0.1) is 0 Å². The highest BCUT2D eigenvalue weighted by Crippen LogP contribution is 2.30. The minimum absolute atomic E-state index is 0.0572. The maximum Gasteiger partial charge on any atom is 0.331 e. The molecule has 0 radical (unpaired) electrons. The molecular formula is C13H16N2O6. The Morgan fingerprint density at radius 3 is 2.62 bits per heavy atom. The average molecular weight is 296 g/mol. The first-order valence-corrected chi connectivity index (χ1v) is 6.08. The molecule has 1 amide bonds. The lowest BCUT2D eigenvalue weighted by molar-refractivity contribution is -0.385. The Bertz CT molecular complexity index is 558. The molecule has 0 heterocycles. The quantitative estimate of drug-likeness (QED) is 0.476. The van der Waals surface area contributed by atoms with Crippen molar-refractivity contribution in [1.82, 2.24) is 5.32 Å². The predicted octanol–water partition coefficient (Wildman–Crippen LogP) is 0.960. The summed E-state index contributed by atoms with van der Waals surface area (Å²) in [7, 11) is 1.17. The molecule has 114 valence electrons. The van der Waals surface area contributed by atoms with Crippen LogP contribution in [-0.4, -0.2) is 36.6 Å². The number of nitro groups is 1. The molecule has 1 aromatic rings. The van der Waals surface area contributed by atoms with Crippen molar-refractivity contribution in [2.75, 3.05) is 13.7 Å². The molecule has 1 aromatic carbocycles. The van der Waals surface area contributed by atoms with Gasteiger partial charge in [0.25, 0.3) is 0 Å². The predicted molar refractivity (Wildman–Crippen MR) is 72.9 cm³/mol. The summed E-state index contributed by atoms with van der Waals surface area (Å²) in [6.45, 7) is 2.62. The number of nitrogens with zero attached hydrogens (tertiary/aromatic N) is 1. The second-order valence-corrected chi connectivity index (χ2v) is 4.27. The fourth-order valence-electron chi connectivity index (χ4n) is 1.69. The van der Waals surface area contributed by atoms with Crippen molar-refractivity contribution in [3.63, 3.8) is 0 Å². The number of rotatable bonds is 6. The van der Waals surface area contributed by atoms with Crippen LogP contribution in [0.2, 0.25) is 0 Å². The van der Waals surface area contributed by atoms with Crippen LogP contribution >= 0.6 is 0 Å². The molecule has 8 heteroatoms. The van der Waals surface area contributed by atoms with E-state index in [1.807, 2.05) is 0 Å². The maximum atomic E-state index is 11.5. The molecule has 0 aliphatic heterocycles. The molecule has 21 heavy (non-hydrogen) atoms. The van der Waals surface area contributed by atoms with E-state index in [0.29, 0.717) is 5.56 Å². The highest BCUT2D eigenvalue weighted by molar-refractivity contribution is 5.83. The van der Waals surface area contributed by atoms with E-state index >= 15 is 0 Å². The first-order valence-electron chi connectivity index (χ1n) is 6.08. The topological polar surface area (TPSA) is 108 Å². The van der Waals surface area contributed by atoms with Crippen LogP contribution in [0.15, 0.2) is 18.2 Å². The zero-order valence-electron chi connectivity index (χ0n) is 11.9. The Balaban J connectivity index is 2.92. The summed E-state index contributed by atoms with van der Waals surface area (Å²) in [6, 6.07) is 3.44. The largest absolute Gasteiger partial charge is 0.484 e. The molecule has 0 aliphatic rings. The van der Waals surface area contributed by atoms with Crippen molar-refractivity contribution in [2.24, 2.45) is 0 Å². The molecule has 0 spiro atoms. The Labute approximate surface area is 121 Å². The molecule has 0 saturated carbocycles. The normalized spacial score (nSPS) is 11.4. The number of benzene rings is 1. The van der Waals surface area contributed by atoms with Gasteiger partial charge in [0, 0.05) is 13.0 Å². The molecule has 1 atom stereocenters. The Hall–Kier alpha value is -2.64. The number of carbonyl (C=O) groups is 2. The summed E-state index contributed by atoms with van der Waals surface area (Å²) in [5, 5.41) is 13.3. The van der Waals surface area contributed by atoms with Gasteiger partial charge in [0.05, 0.1) is 12.0 Å². The van der Waals surface area contributed by atoms with Gasteiger partial charge in [-0.3, -0.25) is 14.9 Å². The van der Waals surface area contributed by atoms with E-state index in [1.165, 1.54) is 26.2 Å². The van der Waals surface area contributed by atoms with Crippen molar-refractivity contribution in [3.8, 4) is 5.75 Å². The van der Waals surface area contributed by atoms with Gasteiger partial charge in [-0.25, -0.2) is 4.79 Å².